The lowest BCUT2D eigenvalue weighted by atomic mass is 10.2. The molecule has 0 rings (SSSR count). The average molecular weight is 132 g/mol. The van der Waals surface area contributed by atoms with Gasteiger partial charge in [0.15, 0.2) is 0 Å². The molecule has 2 heteroatoms. The third-order valence-corrected chi connectivity index (χ3v) is 0.962. The van der Waals surface area contributed by atoms with Gasteiger partial charge < -0.3 is 0 Å². The highest BCUT2D eigenvalue weighted by Gasteiger charge is 1.94. The van der Waals surface area contributed by atoms with E-state index in [1.807, 2.05) is 0 Å². The first-order valence-electron chi connectivity index (χ1n) is 2.76. The number of hydrogen-bond donors (Lipinski definition) is 0. The lowest BCUT2D eigenvalue weighted by Gasteiger charge is -1.90. The molecule has 0 spiro atoms. The third-order valence-electron chi connectivity index (χ3n) is 0.962. The highest BCUT2D eigenvalue weighted by molar-refractivity contribution is 5.19. The Morgan fingerprint density at radius 1 is 1.56 bits per heavy atom. The van der Waals surface area contributed by atoms with E-state index in [0.717, 1.165) is 0 Å². The molecule has 0 fully saturated rings. The molecule has 0 atom stereocenters. The summed E-state index contributed by atoms with van der Waals surface area (Å²) in [5.74, 6) is -0.687. The second kappa shape index (κ2) is 4.24. The Morgan fingerprint density at radius 3 is 2.44 bits per heavy atom. The molecule has 0 aliphatic carbocycles. The van der Waals surface area contributed by atoms with Crippen molar-refractivity contribution in [1.29, 1.82) is 0 Å². The molecule has 0 radical (unpaired) electrons. The van der Waals surface area contributed by atoms with Crippen molar-refractivity contribution >= 4 is 0 Å². The van der Waals surface area contributed by atoms with Gasteiger partial charge >= 0.3 is 0 Å². The minimum absolute atomic E-state index is 0.361. The van der Waals surface area contributed by atoms with Crippen molar-refractivity contribution < 1.29 is 8.78 Å². The maximum Gasteiger partial charge on any atom is 0.141 e. The van der Waals surface area contributed by atoms with Crippen molar-refractivity contribution in [2.75, 3.05) is 6.67 Å². The van der Waals surface area contributed by atoms with E-state index in [9.17, 15) is 8.78 Å². The van der Waals surface area contributed by atoms with E-state index < -0.39 is 12.5 Å². The van der Waals surface area contributed by atoms with Crippen molar-refractivity contribution in [1.82, 2.24) is 0 Å². The summed E-state index contributed by atoms with van der Waals surface area (Å²) in [4.78, 5) is 0. The zero-order valence-corrected chi connectivity index (χ0v) is 5.62. The van der Waals surface area contributed by atoms with Gasteiger partial charge in [-0.15, -0.1) is 0 Å². The van der Waals surface area contributed by atoms with E-state index in [0.29, 0.717) is 5.57 Å². The fourth-order valence-corrected chi connectivity index (χ4v) is 0.446. The molecular formula is C7H10F2. The minimum Gasteiger partial charge on any atom is -0.243 e. The van der Waals surface area contributed by atoms with Crippen molar-refractivity contribution in [3.63, 3.8) is 0 Å². The van der Waals surface area contributed by atoms with Gasteiger partial charge in [-0.1, -0.05) is 12.2 Å². The first kappa shape index (κ1) is 8.34. The van der Waals surface area contributed by atoms with Gasteiger partial charge in [0.05, 0.1) is 0 Å². The molecule has 0 bridgehead atoms. The van der Waals surface area contributed by atoms with Gasteiger partial charge in [0.25, 0.3) is 0 Å². The maximum atomic E-state index is 12.2. The van der Waals surface area contributed by atoms with E-state index in [2.05, 4.69) is 0 Å². The molecule has 0 saturated heterocycles. The Balaban J connectivity index is 4.10. The van der Waals surface area contributed by atoms with Crippen LogP contribution in [0.15, 0.2) is 23.6 Å². The number of rotatable bonds is 2. The normalized spacial score (nSPS) is 14.2. The van der Waals surface area contributed by atoms with Crippen LogP contribution in [0.2, 0.25) is 0 Å². The zero-order valence-electron chi connectivity index (χ0n) is 5.62. The molecule has 0 aromatic rings. The van der Waals surface area contributed by atoms with Crippen molar-refractivity contribution in [3.8, 4) is 0 Å². The standard InChI is InChI=1S/C7H10F2/c1-3-4-6(2)7(9)5-8/h3-4H,5H2,1-2H3/b4-3-,7-6+. The third kappa shape index (κ3) is 3.01. The molecule has 0 nitrogen and oxygen atoms in total. The van der Waals surface area contributed by atoms with Crippen molar-refractivity contribution in [2.24, 2.45) is 0 Å². The zero-order chi connectivity index (χ0) is 7.28. The molecule has 0 unspecified atom stereocenters. The largest absolute Gasteiger partial charge is 0.243 e. The number of allylic oxidation sites excluding steroid dienone is 4. The lowest BCUT2D eigenvalue weighted by Crippen LogP contribution is -1.79. The number of halogens is 2. The molecule has 0 amide bonds. The molecule has 0 aromatic heterocycles. The maximum absolute atomic E-state index is 12.2. The molecule has 9 heavy (non-hydrogen) atoms. The van der Waals surface area contributed by atoms with Crippen LogP contribution >= 0.6 is 0 Å². The first-order valence-corrected chi connectivity index (χ1v) is 2.76. The van der Waals surface area contributed by atoms with E-state index in [-0.39, 0.29) is 0 Å². The molecule has 0 aromatic carbocycles. The van der Waals surface area contributed by atoms with Gasteiger partial charge in [-0.2, -0.15) is 0 Å². The molecule has 52 valence electrons. The molecule has 0 saturated carbocycles. The fraction of sp³-hybridized carbons (Fsp3) is 0.429. The van der Waals surface area contributed by atoms with Crippen LogP contribution in [0.5, 0.6) is 0 Å². The van der Waals surface area contributed by atoms with Gasteiger partial charge in [-0.05, 0) is 19.4 Å². The highest BCUT2D eigenvalue weighted by atomic mass is 19.2. The minimum atomic E-state index is -1.00. The van der Waals surface area contributed by atoms with Gasteiger partial charge in [-0.3, -0.25) is 0 Å². The Bertz CT molecular complexity index is 134. The van der Waals surface area contributed by atoms with E-state index in [1.165, 1.54) is 13.0 Å². The van der Waals surface area contributed by atoms with Gasteiger partial charge in [0.2, 0.25) is 0 Å². The Morgan fingerprint density at radius 2 is 2.11 bits per heavy atom. The van der Waals surface area contributed by atoms with Crippen LogP contribution in [-0.4, -0.2) is 6.67 Å². The van der Waals surface area contributed by atoms with E-state index in [1.54, 1.807) is 13.0 Å². The SMILES string of the molecule is C/C=C\C(C)=C(\F)CF. The summed E-state index contributed by atoms with van der Waals surface area (Å²) in [5, 5.41) is 0. The summed E-state index contributed by atoms with van der Waals surface area (Å²) in [6.45, 7) is 2.29. The lowest BCUT2D eigenvalue weighted by molar-refractivity contribution is 0.455. The van der Waals surface area contributed by atoms with Crippen LogP contribution in [0, 0.1) is 0 Å². The Hall–Kier alpha value is -0.660. The average Bonchev–Trinajstić information content (AvgIpc) is 1.87. The van der Waals surface area contributed by atoms with Gasteiger partial charge in [-0.25, -0.2) is 8.78 Å². The second-order valence-electron chi connectivity index (χ2n) is 1.72. The summed E-state index contributed by atoms with van der Waals surface area (Å²) in [6, 6.07) is 0. The quantitative estimate of drug-likeness (QED) is 0.507. The second-order valence-corrected chi connectivity index (χ2v) is 1.72. The molecule has 0 aliphatic rings. The summed E-state index contributed by atoms with van der Waals surface area (Å²) in [5.41, 5.74) is 0.361. The smallest absolute Gasteiger partial charge is 0.141 e. The Kier molecular flexibility index (Phi) is 3.93. The first-order chi connectivity index (χ1) is 4.22. The van der Waals surface area contributed by atoms with Crippen LogP contribution in [0.25, 0.3) is 0 Å². The summed E-state index contributed by atoms with van der Waals surface area (Å²) in [7, 11) is 0. The van der Waals surface area contributed by atoms with E-state index in [4.69, 9.17) is 0 Å². The van der Waals surface area contributed by atoms with Gasteiger partial charge in [0, 0.05) is 0 Å². The van der Waals surface area contributed by atoms with Crippen LogP contribution in [0.4, 0.5) is 8.78 Å². The fourth-order valence-electron chi connectivity index (χ4n) is 0.446. The number of hydrogen-bond acceptors (Lipinski definition) is 0. The molecule has 0 heterocycles. The van der Waals surface area contributed by atoms with E-state index >= 15 is 0 Å². The van der Waals surface area contributed by atoms with Crippen LogP contribution in [0.1, 0.15) is 13.8 Å². The monoisotopic (exact) mass is 132 g/mol. The molecule has 0 aliphatic heterocycles. The van der Waals surface area contributed by atoms with Crippen LogP contribution in [0.3, 0.4) is 0 Å². The predicted octanol–water partition coefficient (Wildman–Crippen LogP) is 2.78. The topological polar surface area (TPSA) is 0 Å². The highest BCUT2D eigenvalue weighted by Crippen LogP contribution is 2.06. The van der Waals surface area contributed by atoms with Crippen LogP contribution < -0.4 is 0 Å². The number of alkyl halides is 1. The molecule has 0 N–H and O–H groups in total. The summed E-state index contributed by atoms with van der Waals surface area (Å²) >= 11 is 0. The molecular weight excluding hydrogens is 122 g/mol. The van der Waals surface area contributed by atoms with Crippen molar-refractivity contribution in [2.45, 2.75) is 13.8 Å². The van der Waals surface area contributed by atoms with Crippen molar-refractivity contribution in [3.05, 3.63) is 23.6 Å². The Labute approximate surface area is 53.9 Å². The summed E-state index contributed by atoms with van der Waals surface area (Å²) in [6.07, 6.45) is 3.21. The van der Waals surface area contributed by atoms with Gasteiger partial charge in [0.1, 0.15) is 12.5 Å². The summed E-state index contributed by atoms with van der Waals surface area (Å²) < 4.78 is 23.7. The van der Waals surface area contributed by atoms with Crippen LogP contribution in [-0.2, 0) is 0 Å². The predicted molar refractivity (Wildman–Crippen MR) is 34.6 cm³/mol.